The molecule has 1 aliphatic heterocycles. The topological polar surface area (TPSA) is 96.0 Å². The van der Waals surface area contributed by atoms with Crippen LogP contribution in [0.4, 0.5) is 0 Å². The van der Waals surface area contributed by atoms with Crippen LogP contribution >= 0.6 is 11.6 Å². The average molecular weight is 410 g/mol. The monoisotopic (exact) mass is 409 g/mol. The molecule has 0 unspecified atom stereocenters. The van der Waals surface area contributed by atoms with Crippen molar-refractivity contribution in [1.82, 2.24) is 15.1 Å². The van der Waals surface area contributed by atoms with E-state index in [2.05, 4.69) is 5.32 Å². The molecule has 0 bridgehead atoms. The van der Waals surface area contributed by atoms with Crippen LogP contribution in [0.1, 0.15) is 23.2 Å². The zero-order valence-electron chi connectivity index (χ0n) is 15.9. The number of halogens is 1. The van der Waals surface area contributed by atoms with Crippen LogP contribution in [0, 0.1) is 5.92 Å². The van der Waals surface area contributed by atoms with Gasteiger partial charge in [0.25, 0.3) is 11.8 Å². The average Bonchev–Trinajstić information content (AvgIpc) is 2.70. The van der Waals surface area contributed by atoms with Gasteiger partial charge in [-0.3, -0.25) is 19.2 Å². The van der Waals surface area contributed by atoms with Crippen molar-refractivity contribution in [2.75, 3.05) is 40.3 Å². The van der Waals surface area contributed by atoms with Gasteiger partial charge < -0.3 is 19.9 Å². The molecule has 28 heavy (non-hydrogen) atoms. The minimum Gasteiger partial charge on any atom is -0.455 e. The SMILES string of the molecule is CN(C)C(=O)CNC(=O)COC(=O)C1CCN(C(=O)c2ccc(Cl)cc2)CC1. The molecule has 0 aliphatic carbocycles. The lowest BCUT2D eigenvalue weighted by molar-refractivity contribution is -0.154. The molecule has 3 amide bonds. The summed E-state index contributed by atoms with van der Waals surface area (Å²) in [7, 11) is 3.16. The first kappa shape index (κ1) is 21.7. The largest absolute Gasteiger partial charge is 0.455 e. The predicted octanol–water partition coefficient (Wildman–Crippen LogP) is 0.940. The van der Waals surface area contributed by atoms with Gasteiger partial charge in [0.05, 0.1) is 12.5 Å². The molecule has 0 radical (unpaired) electrons. The Morgan fingerprint density at radius 2 is 1.75 bits per heavy atom. The van der Waals surface area contributed by atoms with E-state index >= 15 is 0 Å². The van der Waals surface area contributed by atoms with Crippen LogP contribution in [0.3, 0.4) is 0 Å². The van der Waals surface area contributed by atoms with E-state index in [4.69, 9.17) is 16.3 Å². The third-order valence-corrected chi connectivity index (χ3v) is 4.74. The lowest BCUT2D eigenvalue weighted by Crippen LogP contribution is -2.41. The van der Waals surface area contributed by atoms with Crippen LogP contribution in [-0.4, -0.2) is 73.8 Å². The molecule has 1 fully saturated rings. The first-order valence-electron chi connectivity index (χ1n) is 8.96. The number of nitrogens with one attached hydrogen (secondary N) is 1. The lowest BCUT2D eigenvalue weighted by atomic mass is 9.96. The number of carbonyl (C=O) groups is 4. The zero-order chi connectivity index (χ0) is 20.7. The van der Waals surface area contributed by atoms with Gasteiger partial charge in [-0.2, -0.15) is 0 Å². The minimum absolute atomic E-state index is 0.103. The van der Waals surface area contributed by atoms with Gasteiger partial charge in [-0.15, -0.1) is 0 Å². The summed E-state index contributed by atoms with van der Waals surface area (Å²) in [6.45, 7) is 0.299. The van der Waals surface area contributed by atoms with Crippen LogP contribution in [0.15, 0.2) is 24.3 Å². The standard InChI is InChI=1S/C19H24ClN3O5/c1-22(2)17(25)11-21-16(24)12-28-19(27)14-7-9-23(10-8-14)18(26)13-3-5-15(20)6-4-13/h3-6,14H,7-12H2,1-2H3,(H,21,24). The summed E-state index contributed by atoms with van der Waals surface area (Å²) in [6.07, 6.45) is 0.942. The summed E-state index contributed by atoms with van der Waals surface area (Å²) in [5.41, 5.74) is 0.550. The molecule has 1 N–H and O–H groups in total. The summed E-state index contributed by atoms with van der Waals surface area (Å²) in [5.74, 6) is -1.71. The van der Waals surface area contributed by atoms with Gasteiger partial charge in [0, 0.05) is 37.8 Å². The highest BCUT2D eigenvalue weighted by atomic mass is 35.5. The van der Waals surface area contributed by atoms with Crippen molar-refractivity contribution in [2.45, 2.75) is 12.8 Å². The molecule has 1 heterocycles. The van der Waals surface area contributed by atoms with E-state index in [1.165, 1.54) is 4.90 Å². The minimum atomic E-state index is -0.529. The van der Waals surface area contributed by atoms with Crippen molar-refractivity contribution in [3.63, 3.8) is 0 Å². The van der Waals surface area contributed by atoms with Crippen LogP contribution in [-0.2, 0) is 19.1 Å². The maximum absolute atomic E-state index is 12.5. The molecule has 2 rings (SSSR count). The van der Waals surface area contributed by atoms with Gasteiger partial charge in [0.1, 0.15) is 0 Å². The predicted molar refractivity (Wildman–Crippen MR) is 103 cm³/mol. The van der Waals surface area contributed by atoms with E-state index in [9.17, 15) is 19.2 Å². The molecule has 1 aromatic rings. The Hall–Kier alpha value is -2.61. The number of carbonyl (C=O) groups excluding carboxylic acids is 4. The highest BCUT2D eigenvalue weighted by Crippen LogP contribution is 2.21. The van der Waals surface area contributed by atoms with Gasteiger partial charge in [-0.25, -0.2) is 0 Å². The maximum Gasteiger partial charge on any atom is 0.309 e. The summed E-state index contributed by atoms with van der Waals surface area (Å²) in [4.78, 5) is 50.7. The first-order chi connectivity index (χ1) is 13.3. The molecule has 0 atom stereocenters. The smallest absolute Gasteiger partial charge is 0.309 e. The molecule has 8 nitrogen and oxygen atoms in total. The molecule has 9 heteroatoms. The summed E-state index contributed by atoms with van der Waals surface area (Å²) in [6, 6.07) is 6.67. The molecule has 0 spiro atoms. The molecule has 1 aliphatic rings. The van der Waals surface area contributed by atoms with E-state index in [0.717, 1.165) is 0 Å². The number of benzene rings is 1. The van der Waals surface area contributed by atoms with Gasteiger partial charge >= 0.3 is 5.97 Å². The number of nitrogens with zero attached hydrogens (tertiary/aromatic N) is 2. The molecular weight excluding hydrogens is 386 g/mol. The summed E-state index contributed by atoms with van der Waals surface area (Å²) < 4.78 is 5.04. The Balaban J connectivity index is 1.72. The Morgan fingerprint density at radius 3 is 2.32 bits per heavy atom. The number of hydrogen-bond acceptors (Lipinski definition) is 5. The Bertz CT molecular complexity index is 728. The van der Waals surface area contributed by atoms with Crippen LogP contribution in [0.5, 0.6) is 0 Å². The third kappa shape index (κ3) is 6.23. The number of hydrogen-bond donors (Lipinski definition) is 1. The highest BCUT2D eigenvalue weighted by Gasteiger charge is 2.29. The molecule has 1 aromatic carbocycles. The van der Waals surface area contributed by atoms with Gasteiger partial charge in [-0.05, 0) is 37.1 Å². The Labute approximate surface area is 168 Å². The highest BCUT2D eigenvalue weighted by molar-refractivity contribution is 6.30. The fraction of sp³-hybridized carbons (Fsp3) is 0.474. The van der Waals surface area contributed by atoms with Gasteiger partial charge in [0.15, 0.2) is 6.61 Å². The third-order valence-electron chi connectivity index (χ3n) is 4.49. The van der Waals surface area contributed by atoms with Gasteiger partial charge in [0.2, 0.25) is 5.91 Å². The van der Waals surface area contributed by atoms with Crippen LogP contribution in [0.25, 0.3) is 0 Å². The quantitative estimate of drug-likeness (QED) is 0.705. The van der Waals surface area contributed by atoms with Crippen molar-refractivity contribution >= 4 is 35.3 Å². The van der Waals surface area contributed by atoms with E-state index in [0.29, 0.717) is 36.5 Å². The van der Waals surface area contributed by atoms with Gasteiger partial charge in [-0.1, -0.05) is 11.6 Å². The van der Waals surface area contributed by atoms with E-state index in [-0.39, 0.29) is 24.3 Å². The van der Waals surface area contributed by atoms with Crippen molar-refractivity contribution in [3.8, 4) is 0 Å². The number of amides is 3. The van der Waals surface area contributed by atoms with E-state index < -0.39 is 18.5 Å². The molecule has 0 saturated carbocycles. The fourth-order valence-corrected chi connectivity index (χ4v) is 2.86. The Morgan fingerprint density at radius 1 is 1.14 bits per heavy atom. The second kappa shape index (κ2) is 10.1. The lowest BCUT2D eigenvalue weighted by Gasteiger charge is -2.31. The number of rotatable bonds is 6. The molecule has 152 valence electrons. The summed E-state index contributed by atoms with van der Waals surface area (Å²) in [5, 5.41) is 2.96. The summed E-state index contributed by atoms with van der Waals surface area (Å²) >= 11 is 5.83. The number of piperidine rings is 1. The zero-order valence-corrected chi connectivity index (χ0v) is 16.7. The first-order valence-corrected chi connectivity index (χ1v) is 9.34. The molecule has 0 aromatic heterocycles. The normalized spacial score (nSPS) is 14.3. The van der Waals surface area contributed by atoms with Crippen LogP contribution < -0.4 is 5.32 Å². The second-order valence-corrected chi connectivity index (χ2v) is 7.18. The number of likely N-dealkylation sites (tertiary alicyclic amines) is 1. The van der Waals surface area contributed by atoms with E-state index in [1.54, 1.807) is 43.3 Å². The van der Waals surface area contributed by atoms with Crippen molar-refractivity contribution < 1.29 is 23.9 Å². The van der Waals surface area contributed by atoms with Crippen LogP contribution in [0.2, 0.25) is 5.02 Å². The van der Waals surface area contributed by atoms with Crippen molar-refractivity contribution in [1.29, 1.82) is 0 Å². The van der Waals surface area contributed by atoms with Crippen molar-refractivity contribution in [3.05, 3.63) is 34.9 Å². The number of ether oxygens (including phenoxy) is 1. The van der Waals surface area contributed by atoms with Crippen molar-refractivity contribution in [2.24, 2.45) is 5.92 Å². The fourth-order valence-electron chi connectivity index (χ4n) is 2.73. The molecule has 1 saturated heterocycles. The number of likely N-dealkylation sites (N-methyl/N-ethyl adjacent to an activating group) is 1. The second-order valence-electron chi connectivity index (χ2n) is 6.75. The molecular formula is C19H24ClN3O5. The Kier molecular flexibility index (Phi) is 7.80. The van der Waals surface area contributed by atoms with E-state index in [1.807, 2.05) is 0 Å². The maximum atomic E-state index is 12.5. The number of esters is 1.